The molecule has 0 fully saturated rings. The number of amides is 1. The third kappa shape index (κ3) is 5.15. The zero-order chi connectivity index (χ0) is 18.6. The van der Waals surface area contributed by atoms with E-state index in [2.05, 4.69) is 5.32 Å². The van der Waals surface area contributed by atoms with Crippen LogP contribution in [0.1, 0.15) is 21.5 Å². The summed E-state index contributed by atoms with van der Waals surface area (Å²) in [7, 11) is -3.33. The summed E-state index contributed by atoms with van der Waals surface area (Å²) in [5.41, 5.74) is 2.95. The lowest BCUT2D eigenvalue weighted by Gasteiger charge is -2.08. The summed E-state index contributed by atoms with van der Waals surface area (Å²) in [5.74, 6) is -1.15. The molecule has 0 atom stereocenters. The van der Waals surface area contributed by atoms with Crippen LogP contribution in [0.4, 0.5) is 5.69 Å². The molecule has 0 unspecified atom stereocenters. The summed E-state index contributed by atoms with van der Waals surface area (Å²) in [6.07, 6.45) is 1.08. The third-order valence-corrected chi connectivity index (χ3v) is 4.77. The first-order chi connectivity index (χ1) is 11.7. The minimum absolute atomic E-state index is 0.108. The van der Waals surface area contributed by atoms with E-state index in [-0.39, 0.29) is 10.5 Å². The van der Waals surface area contributed by atoms with Gasteiger partial charge in [0.05, 0.1) is 10.5 Å². The van der Waals surface area contributed by atoms with E-state index in [4.69, 9.17) is 4.74 Å². The minimum atomic E-state index is -3.33. The number of sulfone groups is 1. The predicted molar refractivity (Wildman–Crippen MR) is 94.4 cm³/mol. The summed E-state index contributed by atoms with van der Waals surface area (Å²) in [5, 5.41) is 2.65. The Morgan fingerprint density at radius 3 is 2.20 bits per heavy atom. The van der Waals surface area contributed by atoms with Crippen molar-refractivity contribution in [1.29, 1.82) is 0 Å². The molecule has 132 valence electrons. The average Bonchev–Trinajstić information content (AvgIpc) is 2.55. The predicted octanol–water partition coefficient (Wildman–Crippen LogP) is 2.50. The number of benzene rings is 2. The van der Waals surface area contributed by atoms with Crippen LogP contribution in [0.3, 0.4) is 0 Å². The van der Waals surface area contributed by atoms with Gasteiger partial charge < -0.3 is 10.1 Å². The molecule has 1 N–H and O–H groups in total. The Morgan fingerprint density at radius 1 is 1.00 bits per heavy atom. The van der Waals surface area contributed by atoms with Gasteiger partial charge in [0.25, 0.3) is 5.91 Å². The Morgan fingerprint density at radius 2 is 1.64 bits per heavy atom. The molecule has 2 aromatic carbocycles. The molecule has 0 heterocycles. The Hall–Kier alpha value is -2.67. The van der Waals surface area contributed by atoms with E-state index in [1.807, 2.05) is 26.0 Å². The van der Waals surface area contributed by atoms with Crippen LogP contribution in [0.5, 0.6) is 0 Å². The van der Waals surface area contributed by atoms with Crippen molar-refractivity contribution >= 4 is 27.4 Å². The summed E-state index contributed by atoms with van der Waals surface area (Å²) < 4.78 is 27.7. The van der Waals surface area contributed by atoms with Gasteiger partial charge in [-0.15, -0.1) is 0 Å². The molecule has 0 radical (unpaired) electrons. The quantitative estimate of drug-likeness (QED) is 0.827. The summed E-state index contributed by atoms with van der Waals surface area (Å²) in [4.78, 5) is 23.9. The van der Waals surface area contributed by atoms with Crippen molar-refractivity contribution < 1.29 is 22.7 Å². The molecular formula is C18H19NO5S. The van der Waals surface area contributed by atoms with Gasteiger partial charge in [-0.1, -0.05) is 6.07 Å². The highest BCUT2D eigenvalue weighted by atomic mass is 32.2. The molecule has 25 heavy (non-hydrogen) atoms. The van der Waals surface area contributed by atoms with Crippen LogP contribution < -0.4 is 5.32 Å². The van der Waals surface area contributed by atoms with Crippen molar-refractivity contribution in [1.82, 2.24) is 0 Å². The van der Waals surface area contributed by atoms with Crippen LogP contribution in [0.2, 0.25) is 0 Å². The number of carbonyl (C=O) groups is 2. The largest absolute Gasteiger partial charge is 0.452 e. The van der Waals surface area contributed by atoms with Crippen LogP contribution in [0.25, 0.3) is 0 Å². The van der Waals surface area contributed by atoms with Gasteiger partial charge in [-0.3, -0.25) is 4.79 Å². The number of hydrogen-bond acceptors (Lipinski definition) is 5. The van der Waals surface area contributed by atoms with Gasteiger partial charge >= 0.3 is 5.97 Å². The lowest BCUT2D eigenvalue weighted by Crippen LogP contribution is -2.21. The maximum atomic E-state index is 11.9. The number of ether oxygens (including phenoxy) is 1. The second kappa shape index (κ2) is 7.48. The molecule has 2 aromatic rings. The maximum Gasteiger partial charge on any atom is 0.338 e. The normalized spacial score (nSPS) is 11.0. The van der Waals surface area contributed by atoms with E-state index in [1.54, 1.807) is 6.07 Å². The van der Waals surface area contributed by atoms with Gasteiger partial charge in [-0.2, -0.15) is 0 Å². The highest BCUT2D eigenvalue weighted by molar-refractivity contribution is 7.90. The van der Waals surface area contributed by atoms with Gasteiger partial charge in [-0.05, 0) is 61.4 Å². The molecule has 0 spiro atoms. The molecule has 2 rings (SSSR count). The molecule has 0 bridgehead atoms. The average molecular weight is 361 g/mol. The molecule has 6 nitrogen and oxygen atoms in total. The number of carbonyl (C=O) groups excluding carboxylic acids is 2. The van der Waals surface area contributed by atoms with Crippen molar-refractivity contribution in [3.8, 4) is 0 Å². The number of nitrogens with one attached hydrogen (secondary N) is 1. The first kappa shape index (κ1) is 18.7. The molecule has 0 aromatic heterocycles. The SMILES string of the molecule is Cc1ccc(NC(=O)COC(=O)c2ccc(S(C)(=O)=O)cc2)cc1C. The molecule has 0 aliphatic rings. The molecule has 0 aliphatic carbocycles. The second-order valence-corrected chi connectivity index (χ2v) is 7.74. The van der Waals surface area contributed by atoms with Crippen LogP contribution in [-0.2, 0) is 19.4 Å². The topological polar surface area (TPSA) is 89.5 Å². The summed E-state index contributed by atoms with van der Waals surface area (Å²) in [6, 6.07) is 10.8. The zero-order valence-electron chi connectivity index (χ0n) is 14.2. The fraction of sp³-hybridized carbons (Fsp3) is 0.222. The van der Waals surface area contributed by atoms with Crippen LogP contribution in [0.15, 0.2) is 47.4 Å². The number of rotatable bonds is 5. The van der Waals surface area contributed by atoms with E-state index in [0.717, 1.165) is 17.4 Å². The van der Waals surface area contributed by atoms with Gasteiger partial charge in [0, 0.05) is 11.9 Å². The molecule has 1 amide bonds. The highest BCUT2D eigenvalue weighted by Gasteiger charge is 2.13. The van der Waals surface area contributed by atoms with Crippen LogP contribution in [-0.4, -0.2) is 33.2 Å². The van der Waals surface area contributed by atoms with Crippen molar-refractivity contribution in [2.24, 2.45) is 0 Å². The highest BCUT2D eigenvalue weighted by Crippen LogP contribution is 2.14. The smallest absolute Gasteiger partial charge is 0.338 e. The Kier molecular flexibility index (Phi) is 5.58. The van der Waals surface area contributed by atoms with Gasteiger partial charge in [0.15, 0.2) is 16.4 Å². The number of aryl methyl sites for hydroxylation is 2. The lowest BCUT2D eigenvalue weighted by molar-refractivity contribution is -0.119. The van der Waals surface area contributed by atoms with Crippen LogP contribution in [0, 0.1) is 13.8 Å². The molecule has 0 saturated carbocycles. The standard InChI is InChI=1S/C18H19NO5S/c1-12-4-7-15(10-13(12)2)19-17(20)11-24-18(21)14-5-8-16(9-6-14)25(3,22)23/h4-10H,11H2,1-3H3,(H,19,20). The van der Waals surface area contributed by atoms with Gasteiger partial charge in [-0.25, -0.2) is 13.2 Å². The van der Waals surface area contributed by atoms with E-state index < -0.39 is 28.3 Å². The Labute approximate surface area is 146 Å². The first-order valence-corrected chi connectivity index (χ1v) is 9.40. The Bertz CT molecular complexity index is 902. The van der Waals surface area contributed by atoms with Crippen molar-refractivity contribution in [3.05, 3.63) is 59.2 Å². The number of hydrogen-bond donors (Lipinski definition) is 1. The molecule has 0 aliphatic heterocycles. The fourth-order valence-electron chi connectivity index (χ4n) is 2.07. The summed E-state index contributed by atoms with van der Waals surface area (Å²) >= 11 is 0. The summed E-state index contributed by atoms with van der Waals surface area (Å²) in [6.45, 7) is 3.47. The van der Waals surface area contributed by atoms with E-state index in [0.29, 0.717) is 5.69 Å². The third-order valence-electron chi connectivity index (χ3n) is 3.64. The maximum absolute atomic E-state index is 11.9. The van der Waals surface area contributed by atoms with E-state index in [1.165, 1.54) is 24.3 Å². The number of anilines is 1. The minimum Gasteiger partial charge on any atom is -0.452 e. The number of esters is 1. The lowest BCUT2D eigenvalue weighted by atomic mass is 10.1. The van der Waals surface area contributed by atoms with E-state index >= 15 is 0 Å². The molecular weight excluding hydrogens is 342 g/mol. The molecule has 7 heteroatoms. The zero-order valence-corrected chi connectivity index (χ0v) is 15.0. The first-order valence-electron chi connectivity index (χ1n) is 7.51. The Balaban J connectivity index is 1.92. The van der Waals surface area contributed by atoms with Crippen molar-refractivity contribution in [2.45, 2.75) is 18.7 Å². The monoisotopic (exact) mass is 361 g/mol. The van der Waals surface area contributed by atoms with E-state index in [9.17, 15) is 18.0 Å². The van der Waals surface area contributed by atoms with Crippen molar-refractivity contribution in [3.63, 3.8) is 0 Å². The van der Waals surface area contributed by atoms with Gasteiger partial charge in [0.2, 0.25) is 0 Å². The fourth-order valence-corrected chi connectivity index (χ4v) is 2.70. The van der Waals surface area contributed by atoms with Crippen molar-refractivity contribution in [2.75, 3.05) is 18.2 Å². The second-order valence-electron chi connectivity index (χ2n) is 5.72. The molecule has 0 saturated heterocycles. The van der Waals surface area contributed by atoms with Gasteiger partial charge in [0.1, 0.15) is 0 Å². The van der Waals surface area contributed by atoms with Crippen LogP contribution >= 0.6 is 0 Å².